The first-order valence-corrected chi connectivity index (χ1v) is 8.26. The first kappa shape index (κ1) is 17.1. The molecule has 2 saturated heterocycles. The number of amides is 2. The molecule has 0 spiro atoms. The summed E-state index contributed by atoms with van der Waals surface area (Å²) >= 11 is 0. The van der Waals surface area contributed by atoms with Crippen molar-refractivity contribution in [3.8, 4) is 0 Å². The molecule has 0 bridgehead atoms. The summed E-state index contributed by atoms with van der Waals surface area (Å²) in [6.45, 7) is 7.38. The largest absolute Gasteiger partial charge is 0.444 e. The summed E-state index contributed by atoms with van der Waals surface area (Å²) in [6.07, 6.45) is 4.31. The fourth-order valence-corrected chi connectivity index (χ4v) is 2.88. The fraction of sp³-hybridized carbons (Fsp3) is 0.875. The molecule has 0 aromatic rings. The van der Waals surface area contributed by atoms with E-state index in [9.17, 15) is 9.59 Å². The standard InChI is InChI=1S/C16H28N2O4/c1-16(2,3)22-15(20)18-9-5-4-8-13(18)14(19)17-11-12-7-6-10-21-12/h12-13H,4-11H2,1-3H3,(H,17,19)/t12?,13-/m1/s1. The number of ether oxygens (including phenoxy) is 2. The van der Waals surface area contributed by atoms with Gasteiger partial charge in [0.25, 0.3) is 0 Å². The van der Waals surface area contributed by atoms with Crippen molar-refractivity contribution < 1.29 is 19.1 Å². The van der Waals surface area contributed by atoms with Gasteiger partial charge in [0.2, 0.25) is 5.91 Å². The van der Waals surface area contributed by atoms with Crippen LogP contribution in [0.4, 0.5) is 4.79 Å². The van der Waals surface area contributed by atoms with Crippen molar-refractivity contribution in [3.05, 3.63) is 0 Å². The topological polar surface area (TPSA) is 67.9 Å². The van der Waals surface area contributed by atoms with Crippen LogP contribution in [0, 0.1) is 0 Å². The lowest BCUT2D eigenvalue weighted by Gasteiger charge is -2.35. The lowest BCUT2D eigenvalue weighted by Crippen LogP contribution is -2.53. The molecule has 2 amide bonds. The summed E-state index contributed by atoms with van der Waals surface area (Å²) in [5.41, 5.74) is -0.548. The maximum absolute atomic E-state index is 12.4. The molecule has 6 nitrogen and oxygen atoms in total. The monoisotopic (exact) mass is 312 g/mol. The van der Waals surface area contributed by atoms with Gasteiger partial charge in [-0.15, -0.1) is 0 Å². The predicted octanol–water partition coefficient (Wildman–Crippen LogP) is 2.07. The van der Waals surface area contributed by atoms with Gasteiger partial charge in [-0.25, -0.2) is 4.79 Å². The molecule has 0 aromatic heterocycles. The zero-order valence-corrected chi connectivity index (χ0v) is 13.9. The summed E-state index contributed by atoms with van der Waals surface area (Å²) in [7, 11) is 0. The minimum atomic E-state index is -0.548. The van der Waals surface area contributed by atoms with Gasteiger partial charge in [-0.3, -0.25) is 9.69 Å². The van der Waals surface area contributed by atoms with Crippen LogP contribution in [-0.2, 0) is 14.3 Å². The van der Waals surface area contributed by atoms with E-state index in [-0.39, 0.29) is 12.0 Å². The minimum absolute atomic E-state index is 0.0962. The number of carbonyl (C=O) groups is 2. The average molecular weight is 312 g/mol. The van der Waals surface area contributed by atoms with Gasteiger partial charge in [0.15, 0.2) is 0 Å². The van der Waals surface area contributed by atoms with Gasteiger partial charge in [-0.1, -0.05) is 0 Å². The number of carbonyl (C=O) groups excluding carboxylic acids is 2. The van der Waals surface area contributed by atoms with E-state index >= 15 is 0 Å². The number of likely N-dealkylation sites (tertiary alicyclic amines) is 1. The molecule has 2 aliphatic heterocycles. The van der Waals surface area contributed by atoms with Crippen molar-refractivity contribution in [1.29, 1.82) is 0 Å². The number of nitrogens with zero attached hydrogens (tertiary/aromatic N) is 1. The fourth-order valence-electron chi connectivity index (χ4n) is 2.88. The van der Waals surface area contributed by atoms with Crippen molar-refractivity contribution in [2.24, 2.45) is 0 Å². The molecule has 2 aliphatic rings. The van der Waals surface area contributed by atoms with Gasteiger partial charge in [-0.2, -0.15) is 0 Å². The van der Waals surface area contributed by atoms with Crippen LogP contribution < -0.4 is 5.32 Å². The Balaban J connectivity index is 1.90. The van der Waals surface area contributed by atoms with E-state index in [4.69, 9.17) is 9.47 Å². The van der Waals surface area contributed by atoms with Gasteiger partial charge in [0.05, 0.1) is 6.10 Å². The molecule has 0 saturated carbocycles. The Bertz CT molecular complexity index is 399. The molecule has 126 valence electrons. The molecule has 1 N–H and O–H groups in total. The number of hydrogen-bond acceptors (Lipinski definition) is 4. The summed E-state index contributed by atoms with van der Waals surface area (Å²) in [5.74, 6) is -0.0962. The highest BCUT2D eigenvalue weighted by Gasteiger charge is 2.35. The molecule has 6 heteroatoms. The van der Waals surface area contributed by atoms with Crippen LogP contribution in [0.5, 0.6) is 0 Å². The van der Waals surface area contributed by atoms with Crippen molar-refractivity contribution in [1.82, 2.24) is 10.2 Å². The molecule has 2 heterocycles. The molecule has 2 atom stereocenters. The Morgan fingerprint density at radius 3 is 2.64 bits per heavy atom. The van der Waals surface area contributed by atoms with Crippen LogP contribution in [0.2, 0.25) is 0 Å². The van der Waals surface area contributed by atoms with E-state index in [1.807, 2.05) is 20.8 Å². The lowest BCUT2D eigenvalue weighted by atomic mass is 10.0. The second-order valence-corrected chi connectivity index (χ2v) is 7.07. The smallest absolute Gasteiger partial charge is 0.410 e. The van der Waals surface area contributed by atoms with E-state index in [0.29, 0.717) is 19.5 Å². The normalized spacial score (nSPS) is 25.9. The lowest BCUT2D eigenvalue weighted by molar-refractivity contribution is -0.128. The van der Waals surface area contributed by atoms with Crippen LogP contribution in [0.15, 0.2) is 0 Å². The third-order valence-corrected chi connectivity index (χ3v) is 3.96. The molecule has 2 rings (SSSR count). The zero-order valence-electron chi connectivity index (χ0n) is 13.9. The molecular weight excluding hydrogens is 284 g/mol. The van der Waals surface area contributed by atoms with E-state index in [1.54, 1.807) is 4.90 Å². The molecule has 0 radical (unpaired) electrons. The molecular formula is C16H28N2O4. The number of piperidine rings is 1. The van der Waals surface area contributed by atoms with E-state index in [0.717, 1.165) is 32.3 Å². The highest BCUT2D eigenvalue weighted by Crippen LogP contribution is 2.21. The molecule has 2 fully saturated rings. The maximum atomic E-state index is 12.4. The Labute approximate surface area is 132 Å². The van der Waals surface area contributed by atoms with Crippen LogP contribution in [0.1, 0.15) is 52.9 Å². The quantitative estimate of drug-likeness (QED) is 0.866. The molecule has 0 aliphatic carbocycles. The number of hydrogen-bond donors (Lipinski definition) is 1. The number of rotatable bonds is 3. The van der Waals surface area contributed by atoms with E-state index < -0.39 is 17.7 Å². The SMILES string of the molecule is CC(C)(C)OC(=O)N1CCCC[C@@H]1C(=O)NCC1CCCO1. The highest BCUT2D eigenvalue weighted by atomic mass is 16.6. The Hall–Kier alpha value is -1.30. The molecule has 22 heavy (non-hydrogen) atoms. The van der Waals surface area contributed by atoms with E-state index in [2.05, 4.69) is 5.32 Å². The van der Waals surface area contributed by atoms with Crippen LogP contribution in [-0.4, -0.2) is 54.3 Å². The first-order chi connectivity index (χ1) is 10.4. The van der Waals surface area contributed by atoms with Gasteiger partial charge in [0, 0.05) is 19.7 Å². The average Bonchev–Trinajstić information content (AvgIpc) is 2.96. The third-order valence-electron chi connectivity index (χ3n) is 3.96. The van der Waals surface area contributed by atoms with Gasteiger partial charge in [0.1, 0.15) is 11.6 Å². The van der Waals surface area contributed by atoms with Gasteiger partial charge in [-0.05, 0) is 52.9 Å². The summed E-state index contributed by atoms with van der Waals surface area (Å²) in [4.78, 5) is 26.3. The first-order valence-electron chi connectivity index (χ1n) is 8.26. The van der Waals surface area contributed by atoms with E-state index in [1.165, 1.54) is 0 Å². The van der Waals surface area contributed by atoms with Crippen LogP contribution in [0.3, 0.4) is 0 Å². The van der Waals surface area contributed by atoms with Crippen LogP contribution >= 0.6 is 0 Å². The number of nitrogens with one attached hydrogen (secondary N) is 1. The minimum Gasteiger partial charge on any atom is -0.444 e. The third kappa shape index (κ3) is 4.87. The Morgan fingerprint density at radius 2 is 2.00 bits per heavy atom. The summed E-state index contributed by atoms with van der Waals surface area (Å²) < 4.78 is 10.9. The van der Waals surface area contributed by atoms with Crippen LogP contribution in [0.25, 0.3) is 0 Å². The second-order valence-electron chi connectivity index (χ2n) is 7.07. The van der Waals surface area contributed by atoms with Crippen molar-refractivity contribution in [2.45, 2.75) is 70.6 Å². The molecule has 0 aromatic carbocycles. The zero-order chi connectivity index (χ0) is 16.2. The van der Waals surface area contributed by atoms with Gasteiger partial charge < -0.3 is 14.8 Å². The van der Waals surface area contributed by atoms with Crippen molar-refractivity contribution >= 4 is 12.0 Å². The molecule has 1 unspecified atom stereocenters. The van der Waals surface area contributed by atoms with Gasteiger partial charge >= 0.3 is 6.09 Å². The predicted molar refractivity (Wildman–Crippen MR) is 82.6 cm³/mol. The second kappa shape index (κ2) is 7.31. The summed E-state index contributed by atoms with van der Waals surface area (Å²) in [5, 5.41) is 2.93. The highest BCUT2D eigenvalue weighted by molar-refractivity contribution is 5.85. The summed E-state index contributed by atoms with van der Waals surface area (Å²) in [6, 6.07) is -0.426. The van der Waals surface area contributed by atoms with Crippen molar-refractivity contribution in [3.63, 3.8) is 0 Å². The Morgan fingerprint density at radius 1 is 1.23 bits per heavy atom. The Kier molecular flexibility index (Phi) is 5.67. The maximum Gasteiger partial charge on any atom is 0.410 e. The van der Waals surface area contributed by atoms with Crippen molar-refractivity contribution in [2.75, 3.05) is 19.7 Å².